The average Bonchev–Trinajstić information content (AvgIpc) is 2.84. The van der Waals surface area contributed by atoms with E-state index < -0.39 is 0 Å². The summed E-state index contributed by atoms with van der Waals surface area (Å²) < 4.78 is 1.72. The Morgan fingerprint density at radius 3 is 3.00 bits per heavy atom. The fourth-order valence-corrected chi connectivity index (χ4v) is 2.00. The van der Waals surface area contributed by atoms with Crippen molar-refractivity contribution in [1.29, 1.82) is 0 Å². The highest BCUT2D eigenvalue weighted by Crippen LogP contribution is 2.21. The molecule has 1 aliphatic rings. The minimum absolute atomic E-state index is 0.664. The lowest BCUT2D eigenvalue weighted by atomic mass is 10.2. The van der Waals surface area contributed by atoms with E-state index >= 15 is 0 Å². The van der Waals surface area contributed by atoms with E-state index in [1.807, 2.05) is 6.07 Å². The molecule has 0 radical (unpaired) electrons. The molecule has 0 saturated carbocycles. The van der Waals surface area contributed by atoms with Gasteiger partial charge in [-0.1, -0.05) is 6.07 Å². The molecule has 0 spiro atoms. The van der Waals surface area contributed by atoms with Gasteiger partial charge in [-0.2, -0.15) is 5.10 Å². The van der Waals surface area contributed by atoms with Crippen molar-refractivity contribution in [3.05, 3.63) is 35.8 Å². The van der Waals surface area contributed by atoms with Crippen LogP contribution in [0.2, 0.25) is 0 Å². The van der Waals surface area contributed by atoms with Crippen molar-refractivity contribution < 1.29 is 0 Å². The first kappa shape index (κ1) is 8.47. The smallest absolute Gasteiger partial charge is 0.153 e. The molecule has 0 saturated heterocycles. The van der Waals surface area contributed by atoms with E-state index in [4.69, 9.17) is 5.73 Å². The molecular formula is C11H12N4. The van der Waals surface area contributed by atoms with Crippen molar-refractivity contribution in [2.45, 2.75) is 19.3 Å². The molecule has 3 rings (SSSR count). The zero-order valence-corrected chi connectivity index (χ0v) is 8.35. The Morgan fingerprint density at radius 1 is 1.27 bits per heavy atom. The summed E-state index contributed by atoms with van der Waals surface area (Å²) in [6.07, 6.45) is 6.87. The molecule has 2 aromatic rings. The zero-order valence-electron chi connectivity index (χ0n) is 8.35. The van der Waals surface area contributed by atoms with E-state index in [2.05, 4.69) is 16.1 Å². The van der Waals surface area contributed by atoms with Crippen molar-refractivity contribution in [3.8, 4) is 5.82 Å². The monoisotopic (exact) mass is 200 g/mol. The van der Waals surface area contributed by atoms with Crippen LogP contribution in [0.25, 0.3) is 5.82 Å². The van der Waals surface area contributed by atoms with Crippen LogP contribution in [0.4, 0.5) is 5.69 Å². The number of nitrogens with two attached hydrogens (primary N) is 1. The molecule has 0 atom stereocenters. The number of pyridine rings is 1. The van der Waals surface area contributed by atoms with Gasteiger partial charge >= 0.3 is 0 Å². The molecule has 4 nitrogen and oxygen atoms in total. The normalized spacial score (nSPS) is 14.1. The van der Waals surface area contributed by atoms with Gasteiger partial charge in [0, 0.05) is 5.69 Å². The first-order chi connectivity index (χ1) is 7.33. The molecule has 15 heavy (non-hydrogen) atoms. The van der Waals surface area contributed by atoms with Crippen LogP contribution in [0.3, 0.4) is 0 Å². The molecule has 0 aromatic carbocycles. The standard InChI is InChI=1S/C11H12N4/c12-9-6-13-15(7-9)11-5-4-8-2-1-3-10(8)14-11/h4-7H,1-3,12H2. The van der Waals surface area contributed by atoms with Crippen molar-refractivity contribution >= 4 is 5.69 Å². The molecule has 0 aliphatic heterocycles. The summed E-state index contributed by atoms with van der Waals surface area (Å²) in [5, 5.41) is 4.14. The second kappa shape index (κ2) is 3.08. The number of fused-ring (bicyclic) bond motifs is 1. The molecule has 2 aromatic heterocycles. The van der Waals surface area contributed by atoms with Gasteiger partial charge in [0.05, 0.1) is 18.1 Å². The first-order valence-corrected chi connectivity index (χ1v) is 5.12. The molecule has 0 amide bonds. The van der Waals surface area contributed by atoms with Crippen molar-refractivity contribution in [1.82, 2.24) is 14.8 Å². The highest BCUT2D eigenvalue weighted by Gasteiger charge is 2.13. The predicted molar refractivity (Wildman–Crippen MR) is 57.8 cm³/mol. The Hall–Kier alpha value is -1.84. The minimum atomic E-state index is 0.664. The highest BCUT2D eigenvalue weighted by molar-refractivity contribution is 5.37. The lowest BCUT2D eigenvalue weighted by molar-refractivity contribution is 0.831. The van der Waals surface area contributed by atoms with E-state index in [1.54, 1.807) is 17.1 Å². The highest BCUT2D eigenvalue weighted by atomic mass is 15.3. The second-order valence-electron chi connectivity index (χ2n) is 3.85. The van der Waals surface area contributed by atoms with Crippen LogP contribution in [-0.2, 0) is 12.8 Å². The van der Waals surface area contributed by atoms with Gasteiger partial charge in [0.2, 0.25) is 0 Å². The second-order valence-corrected chi connectivity index (χ2v) is 3.85. The van der Waals surface area contributed by atoms with Gasteiger partial charge in [0.25, 0.3) is 0 Å². The summed E-state index contributed by atoms with van der Waals surface area (Å²) in [6.45, 7) is 0. The number of nitrogen functional groups attached to an aromatic ring is 1. The summed E-state index contributed by atoms with van der Waals surface area (Å²) in [5.74, 6) is 0.854. The van der Waals surface area contributed by atoms with Gasteiger partial charge in [0.1, 0.15) is 0 Å². The van der Waals surface area contributed by atoms with Crippen LogP contribution in [0.1, 0.15) is 17.7 Å². The van der Waals surface area contributed by atoms with Crippen LogP contribution in [-0.4, -0.2) is 14.8 Å². The van der Waals surface area contributed by atoms with Crippen molar-refractivity contribution in [2.24, 2.45) is 0 Å². The van der Waals surface area contributed by atoms with Crippen molar-refractivity contribution in [3.63, 3.8) is 0 Å². The Bertz CT molecular complexity index is 501. The Kier molecular flexibility index (Phi) is 1.74. The molecule has 2 heterocycles. The Balaban J connectivity index is 2.06. The van der Waals surface area contributed by atoms with Crippen LogP contribution in [0.15, 0.2) is 24.5 Å². The predicted octanol–water partition coefficient (Wildman–Crippen LogP) is 1.34. The maximum Gasteiger partial charge on any atom is 0.153 e. The third-order valence-electron chi connectivity index (χ3n) is 2.75. The van der Waals surface area contributed by atoms with Crippen LogP contribution in [0.5, 0.6) is 0 Å². The lowest BCUT2D eigenvalue weighted by Crippen LogP contribution is -2.00. The molecule has 0 fully saturated rings. The number of aryl methyl sites for hydroxylation is 2. The summed E-state index contributed by atoms with van der Waals surface area (Å²) in [7, 11) is 0. The summed E-state index contributed by atoms with van der Waals surface area (Å²) in [4.78, 5) is 4.58. The minimum Gasteiger partial charge on any atom is -0.396 e. The van der Waals surface area contributed by atoms with Crippen LogP contribution < -0.4 is 5.73 Å². The number of nitrogens with zero attached hydrogens (tertiary/aromatic N) is 3. The molecule has 76 valence electrons. The number of hydrogen-bond acceptors (Lipinski definition) is 3. The van der Waals surface area contributed by atoms with Crippen molar-refractivity contribution in [2.75, 3.05) is 5.73 Å². The summed E-state index contributed by atoms with van der Waals surface area (Å²) in [5.41, 5.74) is 8.87. The van der Waals surface area contributed by atoms with E-state index in [0.29, 0.717) is 5.69 Å². The SMILES string of the molecule is Nc1cnn(-c2ccc3c(n2)CCC3)c1. The Labute approximate surface area is 87.7 Å². The van der Waals surface area contributed by atoms with Gasteiger partial charge < -0.3 is 5.73 Å². The van der Waals surface area contributed by atoms with Gasteiger partial charge in [-0.05, 0) is 30.9 Å². The number of anilines is 1. The first-order valence-electron chi connectivity index (χ1n) is 5.12. The van der Waals surface area contributed by atoms with E-state index in [1.165, 1.54) is 17.7 Å². The van der Waals surface area contributed by atoms with E-state index in [-0.39, 0.29) is 0 Å². The quantitative estimate of drug-likeness (QED) is 0.755. The van der Waals surface area contributed by atoms with E-state index in [0.717, 1.165) is 18.7 Å². The topological polar surface area (TPSA) is 56.7 Å². The number of aromatic nitrogens is 3. The Morgan fingerprint density at radius 2 is 2.20 bits per heavy atom. The third kappa shape index (κ3) is 1.38. The number of hydrogen-bond donors (Lipinski definition) is 1. The maximum absolute atomic E-state index is 5.62. The fraction of sp³-hybridized carbons (Fsp3) is 0.273. The third-order valence-corrected chi connectivity index (χ3v) is 2.75. The van der Waals surface area contributed by atoms with Gasteiger partial charge in [-0.3, -0.25) is 0 Å². The van der Waals surface area contributed by atoms with Gasteiger partial charge in [-0.15, -0.1) is 0 Å². The molecule has 1 aliphatic carbocycles. The fourth-order valence-electron chi connectivity index (χ4n) is 2.00. The van der Waals surface area contributed by atoms with Crippen LogP contribution in [0, 0.1) is 0 Å². The average molecular weight is 200 g/mol. The van der Waals surface area contributed by atoms with Gasteiger partial charge in [0.15, 0.2) is 5.82 Å². The van der Waals surface area contributed by atoms with Crippen LogP contribution >= 0.6 is 0 Å². The summed E-state index contributed by atoms with van der Waals surface area (Å²) in [6, 6.07) is 4.14. The number of rotatable bonds is 1. The molecular weight excluding hydrogens is 188 g/mol. The summed E-state index contributed by atoms with van der Waals surface area (Å²) >= 11 is 0. The lowest BCUT2D eigenvalue weighted by Gasteiger charge is -2.03. The largest absolute Gasteiger partial charge is 0.396 e. The van der Waals surface area contributed by atoms with Gasteiger partial charge in [-0.25, -0.2) is 9.67 Å². The molecule has 0 unspecified atom stereocenters. The van der Waals surface area contributed by atoms with E-state index in [9.17, 15) is 0 Å². The molecule has 2 N–H and O–H groups in total. The molecule has 4 heteroatoms. The molecule has 0 bridgehead atoms. The zero-order chi connectivity index (χ0) is 10.3. The maximum atomic E-state index is 5.62.